The van der Waals surface area contributed by atoms with Gasteiger partial charge in [-0.2, -0.15) is 5.26 Å². The Kier molecular flexibility index (Phi) is 5.09. The zero-order chi connectivity index (χ0) is 17.0. The molecule has 0 spiro atoms. The Morgan fingerprint density at radius 2 is 1.96 bits per heavy atom. The van der Waals surface area contributed by atoms with Gasteiger partial charge < -0.3 is 5.32 Å². The first-order valence-corrected chi connectivity index (χ1v) is 6.94. The van der Waals surface area contributed by atoms with Gasteiger partial charge in [0.25, 0.3) is 5.91 Å². The van der Waals surface area contributed by atoms with Gasteiger partial charge in [0.05, 0.1) is 0 Å². The largest absolute Gasteiger partial charge is 0.321 e. The van der Waals surface area contributed by atoms with Crippen LogP contribution in [0.2, 0.25) is 5.02 Å². The molecule has 0 aromatic heterocycles. The van der Waals surface area contributed by atoms with E-state index in [9.17, 15) is 13.6 Å². The Morgan fingerprint density at radius 3 is 2.65 bits per heavy atom. The van der Waals surface area contributed by atoms with Crippen molar-refractivity contribution in [2.75, 3.05) is 5.32 Å². The predicted octanol–water partition coefficient (Wildman–Crippen LogP) is 4.47. The Labute approximate surface area is 136 Å². The summed E-state index contributed by atoms with van der Waals surface area (Å²) in [6, 6.07) is 10.1. The summed E-state index contributed by atoms with van der Waals surface area (Å²) >= 11 is 5.96. The van der Waals surface area contributed by atoms with Crippen molar-refractivity contribution in [2.24, 2.45) is 0 Å². The number of amides is 1. The van der Waals surface area contributed by atoms with Crippen LogP contribution in [-0.4, -0.2) is 5.91 Å². The molecule has 0 aliphatic rings. The monoisotopic (exact) mass is 332 g/mol. The first kappa shape index (κ1) is 16.7. The third-order valence-electron chi connectivity index (χ3n) is 3.16. The fraction of sp³-hybridized carbons (Fsp3) is 0.0588. The fourth-order valence-corrected chi connectivity index (χ4v) is 2.04. The number of hydrogen-bond donors (Lipinski definition) is 1. The summed E-state index contributed by atoms with van der Waals surface area (Å²) in [5.41, 5.74) is 0.536. The number of nitrogens with one attached hydrogen (secondary N) is 1. The third kappa shape index (κ3) is 3.74. The summed E-state index contributed by atoms with van der Waals surface area (Å²) in [5.74, 6) is -2.91. The van der Waals surface area contributed by atoms with Gasteiger partial charge in [0.15, 0.2) is 11.6 Å². The van der Waals surface area contributed by atoms with Gasteiger partial charge >= 0.3 is 0 Å². The second-order valence-corrected chi connectivity index (χ2v) is 5.09. The lowest BCUT2D eigenvalue weighted by Crippen LogP contribution is -2.14. The van der Waals surface area contributed by atoms with Crippen molar-refractivity contribution in [1.82, 2.24) is 0 Å². The van der Waals surface area contributed by atoms with Gasteiger partial charge in [-0.15, -0.1) is 0 Å². The number of nitriles is 1. The van der Waals surface area contributed by atoms with E-state index >= 15 is 0 Å². The van der Waals surface area contributed by atoms with Gasteiger partial charge in [0, 0.05) is 16.3 Å². The number of nitrogens with zero attached hydrogens (tertiary/aromatic N) is 1. The van der Waals surface area contributed by atoms with Gasteiger partial charge in [0.1, 0.15) is 11.6 Å². The zero-order valence-electron chi connectivity index (χ0n) is 12.0. The van der Waals surface area contributed by atoms with E-state index in [1.165, 1.54) is 12.1 Å². The number of hydrogen-bond acceptors (Lipinski definition) is 2. The Bertz CT molecular complexity index is 841. The van der Waals surface area contributed by atoms with Crippen molar-refractivity contribution >= 4 is 29.3 Å². The first-order valence-electron chi connectivity index (χ1n) is 6.56. The standard InChI is InChI=1S/C17H11ClF2N2O/c1-10-13(18)5-3-7-15(10)22-17(23)12(9-21)8-11-4-2-6-14(19)16(11)20/h2-8H,1H3,(H,22,23)/b12-8-. The summed E-state index contributed by atoms with van der Waals surface area (Å²) in [6.45, 7) is 1.71. The molecule has 0 saturated carbocycles. The van der Waals surface area contributed by atoms with Gasteiger partial charge in [-0.3, -0.25) is 4.79 Å². The molecule has 3 nitrogen and oxygen atoms in total. The lowest BCUT2D eigenvalue weighted by Gasteiger charge is -2.09. The Balaban J connectivity index is 2.32. The lowest BCUT2D eigenvalue weighted by molar-refractivity contribution is -0.112. The van der Waals surface area contributed by atoms with Crippen LogP contribution in [0.25, 0.3) is 6.08 Å². The Hall–Kier alpha value is -2.71. The number of benzene rings is 2. The van der Waals surface area contributed by atoms with E-state index < -0.39 is 17.5 Å². The highest BCUT2D eigenvalue weighted by molar-refractivity contribution is 6.31. The molecule has 0 aliphatic heterocycles. The molecule has 0 bridgehead atoms. The molecule has 0 radical (unpaired) electrons. The zero-order valence-corrected chi connectivity index (χ0v) is 12.8. The highest BCUT2D eigenvalue weighted by Crippen LogP contribution is 2.23. The van der Waals surface area contributed by atoms with Crippen molar-refractivity contribution < 1.29 is 13.6 Å². The summed E-state index contributed by atoms with van der Waals surface area (Å²) in [7, 11) is 0. The van der Waals surface area contributed by atoms with E-state index in [2.05, 4.69) is 5.32 Å². The molecular formula is C17H11ClF2N2O. The first-order chi connectivity index (χ1) is 10.9. The van der Waals surface area contributed by atoms with Gasteiger partial charge in [-0.1, -0.05) is 29.8 Å². The molecule has 0 unspecified atom stereocenters. The minimum absolute atomic E-state index is 0.181. The van der Waals surface area contributed by atoms with Crippen molar-refractivity contribution in [3.63, 3.8) is 0 Å². The van der Waals surface area contributed by atoms with Crippen molar-refractivity contribution in [3.05, 3.63) is 69.8 Å². The number of halogens is 3. The van der Waals surface area contributed by atoms with Crippen LogP contribution in [0.5, 0.6) is 0 Å². The van der Waals surface area contributed by atoms with Crippen LogP contribution in [0.1, 0.15) is 11.1 Å². The van der Waals surface area contributed by atoms with Crippen molar-refractivity contribution in [3.8, 4) is 6.07 Å². The molecule has 0 atom stereocenters. The molecule has 2 rings (SSSR count). The molecule has 1 amide bonds. The smallest absolute Gasteiger partial charge is 0.266 e. The van der Waals surface area contributed by atoms with E-state index in [1.54, 1.807) is 31.2 Å². The van der Waals surface area contributed by atoms with Crippen LogP contribution in [0.4, 0.5) is 14.5 Å². The van der Waals surface area contributed by atoms with Gasteiger partial charge in [-0.05, 0) is 36.8 Å². The molecule has 23 heavy (non-hydrogen) atoms. The molecule has 0 aliphatic carbocycles. The van der Waals surface area contributed by atoms with Crippen LogP contribution in [0, 0.1) is 29.9 Å². The second-order valence-electron chi connectivity index (χ2n) is 4.68. The summed E-state index contributed by atoms with van der Waals surface area (Å²) in [4.78, 5) is 12.1. The van der Waals surface area contributed by atoms with E-state index in [0.717, 1.165) is 12.1 Å². The molecular weight excluding hydrogens is 322 g/mol. The van der Waals surface area contributed by atoms with E-state index in [0.29, 0.717) is 16.3 Å². The average Bonchev–Trinajstić information content (AvgIpc) is 2.53. The van der Waals surface area contributed by atoms with Crippen LogP contribution >= 0.6 is 11.6 Å². The average molecular weight is 333 g/mol. The molecule has 116 valence electrons. The van der Waals surface area contributed by atoms with Crippen LogP contribution < -0.4 is 5.32 Å². The lowest BCUT2D eigenvalue weighted by atomic mass is 10.1. The Morgan fingerprint density at radius 1 is 1.26 bits per heavy atom. The van der Waals surface area contributed by atoms with Gasteiger partial charge in [0.2, 0.25) is 0 Å². The van der Waals surface area contributed by atoms with Crippen LogP contribution in [-0.2, 0) is 4.79 Å². The SMILES string of the molecule is Cc1c(Cl)cccc1NC(=O)/C(C#N)=C\c1cccc(F)c1F. The molecule has 2 aromatic rings. The molecule has 0 heterocycles. The maximum Gasteiger partial charge on any atom is 0.266 e. The highest BCUT2D eigenvalue weighted by Gasteiger charge is 2.14. The molecule has 2 aromatic carbocycles. The number of carbonyl (C=O) groups is 1. The quantitative estimate of drug-likeness (QED) is 0.666. The van der Waals surface area contributed by atoms with Crippen molar-refractivity contribution in [1.29, 1.82) is 5.26 Å². The van der Waals surface area contributed by atoms with E-state index in [4.69, 9.17) is 16.9 Å². The van der Waals surface area contributed by atoms with E-state index in [1.807, 2.05) is 0 Å². The van der Waals surface area contributed by atoms with Crippen LogP contribution in [0.3, 0.4) is 0 Å². The maximum absolute atomic E-state index is 13.6. The van der Waals surface area contributed by atoms with Crippen molar-refractivity contribution in [2.45, 2.75) is 6.92 Å². The molecule has 1 N–H and O–H groups in total. The predicted molar refractivity (Wildman–Crippen MR) is 84.8 cm³/mol. The minimum atomic E-state index is -1.12. The fourth-order valence-electron chi connectivity index (χ4n) is 1.87. The number of anilines is 1. The second kappa shape index (κ2) is 7.03. The molecule has 0 saturated heterocycles. The summed E-state index contributed by atoms with van der Waals surface area (Å²) < 4.78 is 26.8. The highest BCUT2D eigenvalue weighted by atomic mass is 35.5. The summed E-state index contributed by atoms with van der Waals surface area (Å²) in [6.07, 6.45) is 0.994. The number of rotatable bonds is 3. The summed E-state index contributed by atoms with van der Waals surface area (Å²) in [5, 5.41) is 12.1. The molecule has 0 fully saturated rings. The van der Waals surface area contributed by atoms with E-state index in [-0.39, 0.29) is 11.1 Å². The van der Waals surface area contributed by atoms with Gasteiger partial charge in [-0.25, -0.2) is 8.78 Å². The van der Waals surface area contributed by atoms with Crippen LogP contribution in [0.15, 0.2) is 42.0 Å². The number of carbonyl (C=O) groups excluding carboxylic acids is 1. The minimum Gasteiger partial charge on any atom is -0.321 e. The third-order valence-corrected chi connectivity index (χ3v) is 3.57. The molecule has 6 heteroatoms. The topological polar surface area (TPSA) is 52.9 Å². The maximum atomic E-state index is 13.6. The normalized spacial score (nSPS) is 11.0.